The summed E-state index contributed by atoms with van der Waals surface area (Å²) in [5.74, 6) is 2.49. The van der Waals surface area contributed by atoms with Gasteiger partial charge in [0.25, 0.3) is 5.91 Å². The third-order valence-electron chi connectivity index (χ3n) is 5.56. The maximum absolute atomic E-state index is 13.6. The van der Waals surface area contributed by atoms with Crippen LogP contribution in [0.1, 0.15) is 31.9 Å². The summed E-state index contributed by atoms with van der Waals surface area (Å²) in [4.78, 5) is 18.2. The minimum absolute atomic E-state index is 0.277. The van der Waals surface area contributed by atoms with E-state index in [1.54, 1.807) is 28.6 Å². The van der Waals surface area contributed by atoms with Gasteiger partial charge in [-0.3, -0.25) is 4.79 Å². The Hall–Kier alpha value is -3.17. The minimum Gasteiger partial charge on any atom is -0.490 e. The lowest BCUT2D eigenvalue weighted by atomic mass is 9.94. The highest BCUT2D eigenvalue weighted by atomic mass is 35.5. The number of aromatic nitrogens is 3. The zero-order chi connectivity index (χ0) is 23.7. The fourth-order valence-corrected chi connectivity index (χ4v) is 4.76. The van der Waals surface area contributed by atoms with Crippen molar-refractivity contribution in [2.75, 3.05) is 29.6 Å². The van der Waals surface area contributed by atoms with E-state index in [4.69, 9.17) is 26.2 Å². The van der Waals surface area contributed by atoms with E-state index < -0.39 is 6.04 Å². The number of benzene rings is 2. The number of para-hydroxylation sites is 1. The molecule has 0 bridgehead atoms. The van der Waals surface area contributed by atoms with E-state index in [9.17, 15) is 4.79 Å². The Morgan fingerprint density at radius 3 is 2.82 bits per heavy atom. The van der Waals surface area contributed by atoms with E-state index in [-0.39, 0.29) is 5.91 Å². The summed E-state index contributed by atoms with van der Waals surface area (Å²) in [6, 6.07) is 12.4. The van der Waals surface area contributed by atoms with Gasteiger partial charge in [-0.05, 0) is 42.5 Å². The molecule has 2 aliphatic heterocycles. The first-order chi connectivity index (χ1) is 16.5. The predicted octanol–water partition coefficient (Wildman–Crippen LogP) is 5.13. The van der Waals surface area contributed by atoms with Crippen LogP contribution in [0.3, 0.4) is 0 Å². The maximum Gasteiger partial charge on any atom is 0.255 e. The molecule has 0 radical (unpaired) electrons. The third kappa shape index (κ3) is 4.33. The second-order valence-electron chi connectivity index (χ2n) is 7.85. The van der Waals surface area contributed by atoms with E-state index in [1.165, 1.54) is 0 Å². The molecule has 2 aromatic carbocycles. The zero-order valence-corrected chi connectivity index (χ0v) is 20.4. The van der Waals surface area contributed by atoms with Crippen LogP contribution < -0.4 is 20.1 Å². The molecule has 1 atom stereocenters. The van der Waals surface area contributed by atoms with Crippen LogP contribution in [0.15, 0.2) is 58.9 Å². The Bertz CT molecular complexity index is 1280. The van der Waals surface area contributed by atoms with E-state index in [2.05, 4.69) is 15.6 Å². The highest BCUT2D eigenvalue weighted by Gasteiger charge is 2.35. The lowest BCUT2D eigenvalue weighted by Gasteiger charge is -2.29. The van der Waals surface area contributed by atoms with Crippen LogP contribution in [0.4, 0.5) is 11.6 Å². The number of hydrogen-bond donors (Lipinski definition) is 2. The number of nitrogens with zero attached hydrogens (tertiary/aromatic N) is 3. The molecule has 10 heteroatoms. The summed E-state index contributed by atoms with van der Waals surface area (Å²) < 4.78 is 13.5. The summed E-state index contributed by atoms with van der Waals surface area (Å²) in [6.07, 6.45) is 0.812. The van der Waals surface area contributed by atoms with E-state index in [1.807, 2.05) is 44.2 Å². The van der Waals surface area contributed by atoms with Crippen molar-refractivity contribution in [3.8, 4) is 11.5 Å². The lowest BCUT2D eigenvalue weighted by molar-refractivity contribution is -0.113. The van der Waals surface area contributed by atoms with Crippen LogP contribution in [0, 0.1) is 0 Å². The molecule has 1 unspecified atom stereocenters. The van der Waals surface area contributed by atoms with Gasteiger partial charge in [-0.25, -0.2) is 4.68 Å². The van der Waals surface area contributed by atoms with Gasteiger partial charge in [0.2, 0.25) is 11.1 Å². The second kappa shape index (κ2) is 9.60. The number of amides is 1. The Morgan fingerprint density at radius 1 is 1.24 bits per heavy atom. The predicted molar refractivity (Wildman–Crippen MR) is 133 cm³/mol. The molecule has 34 heavy (non-hydrogen) atoms. The number of allylic oxidation sites excluding steroid dienone is 1. The van der Waals surface area contributed by atoms with Gasteiger partial charge in [0.1, 0.15) is 6.04 Å². The molecule has 176 valence electrons. The maximum atomic E-state index is 13.6. The highest BCUT2D eigenvalue weighted by molar-refractivity contribution is 7.99. The number of carbonyl (C=O) groups excluding carboxylic acids is 1. The molecule has 3 heterocycles. The Morgan fingerprint density at radius 2 is 2.03 bits per heavy atom. The summed E-state index contributed by atoms with van der Waals surface area (Å²) in [5, 5.41) is 12.0. The quantitative estimate of drug-likeness (QED) is 0.472. The number of carbonyl (C=O) groups is 1. The summed E-state index contributed by atoms with van der Waals surface area (Å²) >= 11 is 7.85. The molecule has 3 aromatic rings. The van der Waals surface area contributed by atoms with Gasteiger partial charge in [0.05, 0.1) is 29.5 Å². The molecule has 0 saturated carbocycles. The molecule has 1 amide bonds. The fourth-order valence-electron chi connectivity index (χ4n) is 4.03. The molecular formula is C24H24ClN5O3S. The SMILES string of the molecule is CCSc1nc2n(n1)C(c1ccc3c(c1)OCCCO3)C(C(=O)Nc1ccccc1Cl)=C(C)N2. The van der Waals surface area contributed by atoms with Gasteiger partial charge < -0.3 is 20.1 Å². The number of ether oxygens (including phenoxy) is 2. The van der Waals surface area contributed by atoms with Gasteiger partial charge in [0.15, 0.2) is 11.5 Å². The Kier molecular flexibility index (Phi) is 6.38. The monoisotopic (exact) mass is 497 g/mol. The van der Waals surface area contributed by atoms with E-state index in [0.29, 0.717) is 57.8 Å². The van der Waals surface area contributed by atoms with Crippen molar-refractivity contribution >= 4 is 40.9 Å². The fraction of sp³-hybridized carbons (Fsp3) is 0.292. The van der Waals surface area contributed by atoms with Gasteiger partial charge in [-0.2, -0.15) is 4.98 Å². The largest absolute Gasteiger partial charge is 0.490 e. The Balaban J connectivity index is 1.59. The average molecular weight is 498 g/mol. The number of anilines is 2. The number of nitrogens with one attached hydrogen (secondary N) is 2. The zero-order valence-electron chi connectivity index (χ0n) is 18.8. The first-order valence-electron chi connectivity index (χ1n) is 11.1. The van der Waals surface area contributed by atoms with Crippen LogP contribution >= 0.6 is 23.4 Å². The van der Waals surface area contributed by atoms with Crippen molar-refractivity contribution in [3.63, 3.8) is 0 Å². The highest BCUT2D eigenvalue weighted by Crippen LogP contribution is 2.40. The van der Waals surface area contributed by atoms with E-state index in [0.717, 1.165) is 17.7 Å². The number of halogens is 1. The van der Waals surface area contributed by atoms with E-state index >= 15 is 0 Å². The molecule has 5 rings (SSSR count). The lowest BCUT2D eigenvalue weighted by Crippen LogP contribution is -2.31. The smallest absolute Gasteiger partial charge is 0.255 e. The molecule has 0 spiro atoms. The second-order valence-corrected chi connectivity index (χ2v) is 9.49. The van der Waals surface area contributed by atoms with Crippen LogP contribution in [0.2, 0.25) is 5.02 Å². The number of hydrogen-bond acceptors (Lipinski definition) is 7. The van der Waals surface area contributed by atoms with Crippen LogP contribution in [-0.4, -0.2) is 39.6 Å². The van der Waals surface area contributed by atoms with Gasteiger partial charge in [0, 0.05) is 12.1 Å². The average Bonchev–Trinajstić information content (AvgIpc) is 3.06. The van der Waals surface area contributed by atoms with Gasteiger partial charge in [-0.1, -0.05) is 48.5 Å². The number of fused-ring (bicyclic) bond motifs is 2. The van der Waals surface area contributed by atoms with Crippen molar-refractivity contribution in [1.82, 2.24) is 14.8 Å². The molecule has 8 nitrogen and oxygen atoms in total. The topological polar surface area (TPSA) is 90.3 Å². The normalized spacial score (nSPS) is 17.0. The first-order valence-corrected chi connectivity index (χ1v) is 12.4. The molecule has 0 fully saturated rings. The number of rotatable bonds is 5. The summed E-state index contributed by atoms with van der Waals surface area (Å²) in [7, 11) is 0. The van der Waals surface area contributed by atoms with Crippen LogP contribution in [0.25, 0.3) is 0 Å². The van der Waals surface area contributed by atoms with Crippen molar-refractivity contribution in [2.24, 2.45) is 0 Å². The molecule has 0 aliphatic carbocycles. The summed E-state index contributed by atoms with van der Waals surface area (Å²) in [5.41, 5.74) is 2.58. The molecular weight excluding hydrogens is 474 g/mol. The molecule has 1 aromatic heterocycles. The third-order valence-corrected chi connectivity index (χ3v) is 6.61. The minimum atomic E-state index is -0.519. The number of thioether (sulfide) groups is 1. The Labute approximate surface area is 206 Å². The molecule has 2 aliphatic rings. The molecule has 2 N–H and O–H groups in total. The van der Waals surface area contributed by atoms with Crippen molar-refractivity contribution in [1.29, 1.82) is 0 Å². The van der Waals surface area contributed by atoms with Crippen molar-refractivity contribution in [2.45, 2.75) is 31.5 Å². The van der Waals surface area contributed by atoms with Crippen LogP contribution in [0.5, 0.6) is 11.5 Å². The van der Waals surface area contributed by atoms with Crippen molar-refractivity contribution in [3.05, 3.63) is 64.3 Å². The molecule has 0 saturated heterocycles. The first kappa shape index (κ1) is 22.6. The van der Waals surface area contributed by atoms with Crippen molar-refractivity contribution < 1.29 is 14.3 Å². The summed E-state index contributed by atoms with van der Waals surface area (Å²) in [6.45, 7) is 5.09. The standard InChI is InChI=1S/C24H24ClN5O3S/c1-3-34-24-28-23-26-14(2)20(22(31)27-17-8-5-4-7-16(17)25)21(30(23)29-24)15-9-10-18-19(13-15)33-12-6-11-32-18/h4-5,7-10,13,21H,3,6,11-12H2,1-2H3,(H,27,31)(H,26,28,29). The van der Waals surface area contributed by atoms with Gasteiger partial charge >= 0.3 is 0 Å². The van der Waals surface area contributed by atoms with Gasteiger partial charge in [-0.15, -0.1) is 5.10 Å². The van der Waals surface area contributed by atoms with Crippen LogP contribution in [-0.2, 0) is 4.79 Å².